The van der Waals surface area contributed by atoms with Crippen LogP contribution in [0, 0.1) is 11.8 Å². The lowest BCUT2D eigenvalue weighted by atomic mass is 10.1. The second kappa shape index (κ2) is 6.19. The van der Waals surface area contributed by atoms with Gasteiger partial charge in [-0.1, -0.05) is 11.8 Å². The van der Waals surface area contributed by atoms with Crippen molar-refractivity contribution in [3.63, 3.8) is 0 Å². The minimum atomic E-state index is -1.05. The molecule has 0 aliphatic heterocycles. The van der Waals surface area contributed by atoms with Crippen LogP contribution in [0.3, 0.4) is 0 Å². The molecule has 3 aromatic rings. The zero-order chi connectivity index (χ0) is 18.2. The van der Waals surface area contributed by atoms with Gasteiger partial charge in [0.2, 0.25) is 5.95 Å². The van der Waals surface area contributed by atoms with Gasteiger partial charge in [-0.15, -0.1) is 0 Å². The van der Waals surface area contributed by atoms with E-state index in [2.05, 4.69) is 45.2 Å². The standard InChI is InChI=1S/C19H21N5O/c1-12(2)24-11-15(16-6-8-21-18(20)23-16)14-9-13(10-22-17(14)24)5-7-19(3,4)25/h6,8-12,25H,1-4H3,(H2,20,21,23). The Labute approximate surface area is 146 Å². The molecule has 0 unspecified atom stereocenters. The number of nitrogens with zero attached hydrogens (tertiary/aromatic N) is 4. The summed E-state index contributed by atoms with van der Waals surface area (Å²) in [6.45, 7) is 7.50. The van der Waals surface area contributed by atoms with E-state index in [9.17, 15) is 5.11 Å². The molecule has 25 heavy (non-hydrogen) atoms. The number of anilines is 1. The van der Waals surface area contributed by atoms with Gasteiger partial charge in [-0.2, -0.15) is 0 Å². The molecular formula is C19H21N5O. The Bertz CT molecular complexity index is 986. The van der Waals surface area contributed by atoms with Crippen LogP contribution in [0.1, 0.15) is 39.3 Å². The summed E-state index contributed by atoms with van der Waals surface area (Å²) >= 11 is 0. The van der Waals surface area contributed by atoms with E-state index in [1.54, 1.807) is 26.2 Å². The average molecular weight is 335 g/mol. The van der Waals surface area contributed by atoms with Crippen molar-refractivity contribution in [3.05, 3.63) is 36.3 Å². The fourth-order valence-corrected chi connectivity index (χ4v) is 2.55. The van der Waals surface area contributed by atoms with Gasteiger partial charge in [-0.25, -0.2) is 15.0 Å². The monoisotopic (exact) mass is 335 g/mol. The Kier molecular flexibility index (Phi) is 4.19. The van der Waals surface area contributed by atoms with Crippen molar-refractivity contribution < 1.29 is 5.11 Å². The quantitative estimate of drug-likeness (QED) is 0.703. The number of rotatable bonds is 2. The maximum Gasteiger partial charge on any atom is 0.220 e. The third-order valence-corrected chi connectivity index (χ3v) is 3.69. The summed E-state index contributed by atoms with van der Waals surface area (Å²) < 4.78 is 2.09. The van der Waals surface area contributed by atoms with Crippen LogP contribution >= 0.6 is 0 Å². The molecule has 0 fully saturated rings. The molecule has 3 heterocycles. The fourth-order valence-electron chi connectivity index (χ4n) is 2.55. The third-order valence-electron chi connectivity index (χ3n) is 3.69. The Morgan fingerprint density at radius 1 is 1.28 bits per heavy atom. The van der Waals surface area contributed by atoms with Gasteiger partial charge < -0.3 is 15.4 Å². The molecule has 3 N–H and O–H groups in total. The maximum absolute atomic E-state index is 9.80. The topological polar surface area (TPSA) is 89.9 Å². The van der Waals surface area contributed by atoms with Crippen molar-refractivity contribution in [1.29, 1.82) is 0 Å². The maximum atomic E-state index is 9.80. The number of hydrogen-bond donors (Lipinski definition) is 2. The first-order chi connectivity index (χ1) is 11.7. The predicted molar refractivity (Wildman–Crippen MR) is 98.7 cm³/mol. The highest BCUT2D eigenvalue weighted by molar-refractivity contribution is 5.94. The van der Waals surface area contributed by atoms with E-state index in [1.807, 2.05) is 18.3 Å². The number of nitrogen functional groups attached to an aromatic ring is 1. The van der Waals surface area contributed by atoms with Gasteiger partial charge in [0.1, 0.15) is 11.2 Å². The number of aliphatic hydroxyl groups is 1. The lowest BCUT2D eigenvalue weighted by molar-refractivity contribution is 0.143. The summed E-state index contributed by atoms with van der Waals surface area (Å²) in [4.78, 5) is 12.9. The molecule has 6 nitrogen and oxygen atoms in total. The predicted octanol–water partition coefficient (Wildman–Crippen LogP) is 2.78. The first-order valence-corrected chi connectivity index (χ1v) is 8.09. The van der Waals surface area contributed by atoms with E-state index in [0.29, 0.717) is 0 Å². The van der Waals surface area contributed by atoms with Gasteiger partial charge in [0.25, 0.3) is 0 Å². The molecular weight excluding hydrogens is 314 g/mol. The molecule has 128 valence electrons. The SMILES string of the molecule is CC(C)n1cc(-c2ccnc(N)n2)c2cc(C#CC(C)(C)O)cnc21. The smallest absolute Gasteiger partial charge is 0.220 e. The number of aromatic nitrogens is 4. The highest BCUT2D eigenvalue weighted by Gasteiger charge is 2.15. The summed E-state index contributed by atoms with van der Waals surface area (Å²) in [6.07, 6.45) is 5.39. The zero-order valence-corrected chi connectivity index (χ0v) is 14.8. The minimum absolute atomic E-state index is 0.230. The zero-order valence-electron chi connectivity index (χ0n) is 14.8. The van der Waals surface area contributed by atoms with Crippen LogP contribution in [0.15, 0.2) is 30.7 Å². The highest BCUT2D eigenvalue weighted by atomic mass is 16.3. The summed E-state index contributed by atoms with van der Waals surface area (Å²) in [5, 5.41) is 10.7. The van der Waals surface area contributed by atoms with Crippen molar-refractivity contribution in [2.75, 3.05) is 5.73 Å². The third kappa shape index (κ3) is 3.62. The summed E-state index contributed by atoms with van der Waals surface area (Å²) in [7, 11) is 0. The molecule has 3 aromatic heterocycles. The van der Waals surface area contributed by atoms with Crippen LogP contribution in [0.4, 0.5) is 5.95 Å². The van der Waals surface area contributed by atoms with Gasteiger partial charge in [-0.05, 0) is 39.8 Å². The van der Waals surface area contributed by atoms with E-state index >= 15 is 0 Å². The van der Waals surface area contributed by atoms with Gasteiger partial charge >= 0.3 is 0 Å². The van der Waals surface area contributed by atoms with Gasteiger partial charge in [-0.3, -0.25) is 0 Å². The number of pyridine rings is 1. The molecule has 0 saturated heterocycles. The Hall–Kier alpha value is -2.91. The van der Waals surface area contributed by atoms with E-state index in [0.717, 1.165) is 27.9 Å². The van der Waals surface area contributed by atoms with Crippen LogP contribution in [0.25, 0.3) is 22.3 Å². The lowest BCUT2D eigenvalue weighted by Gasteiger charge is -2.08. The normalized spacial score (nSPS) is 11.6. The molecule has 0 aliphatic rings. The van der Waals surface area contributed by atoms with Gasteiger partial charge in [0, 0.05) is 41.1 Å². The van der Waals surface area contributed by atoms with E-state index in [4.69, 9.17) is 5.73 Å². The van der Waals surface area contributed by atoms with Gasteiger partial charge in [0.05, 0.1) is 5.69 Å². The van der Waals surface area contributed by atoms with E-state index in [-0.39, 0.29) is 12.0 Å². The Balaban J connectivity index is 2.23. The number of hydrogen-bond acceptors (Lipinski definition) is 5. The van der Waals surface area contributed by atoms with Crippen LogP contribution < -0.4 is 5.73 Å². The summed E-state index contributed by atoms with van der Waals surface area (Å²) in [5.41, 5.74) is 7.95. The molecule has 0 spiro atoms. The first-order valence-electron chi connectivity index (χ1n) is 8.09. The number of fused-ring (bicyclic) bond motifs is 1. The van der Waals surface area contributed by atoms with Crippen molar-refractivity contribution in [1.82, 2.24) is 19.5 Å². The summed E-state index contributed by atoms with van der Waals surface area (Å²) in [5.74, 6) is 6.02. The molecule has 0 aromatic carbocycles. The number of nitrogens with two attached hydrogens (primary N) is 1. The van der Waals surface area contributed by atoms with Crippen LogP contribution in [-0.2, 0) is 0 Å². The largest absolute Gasteiger partial charge is 0.378 e. The molecule has 0 aliphatic carbocycles. The Morgan fingerprint density at radius 2 is 2.04 bits per heavy atom. The molecule has 0 saturated carbocycles. The Morgan fingerprint density at radius 3 is 2.68 bits per heavy atom. The van der Waals surface area contributed by atoms with Crippen molar-refractivity contribution in [2.24, 2.45) is 0 Å². The second-order valence-electron chi connectivity index (χ2n) is 6.75. The van der Waals surface area contributed by atoms with Crippen molar-refractivity contribution >= 4 is 17.0 Å². The molecule has 0 atom stereocenters. The van der Waals surface area contributed by atoms with Crippen LogP contribution in [0.2, 0.25) is 0 Å². The summed E-state index contributed by atoms with van der Waals surface area (Å²) in [6, 6.07) is 4.04. The second-order valence-corrected chi connectivity index (χ2v) is 6.75. The molecule has 0 bridgehead atoms. The van der Waals surface area contributed by atoms with Gasteiger partial charge in [0.15, 0.2) is 0 Å². The fraction of sp³-hybridized carbons (Fsp3) is 0.316. The van der Waals surface area contributed by atoms with Crippen molar-refractivity contribution in [3.8, 4) is 23.1 Å². The highest BCUT2D eigenvalue weighted by Crippen LogP contribution is 2.31. The van der Waals surface area contributed by atoms with E-state index in [1.165, 1.54) is 0 Å². The van der Waals surface area contributed by atoms with Crippen LogP contribution in [0.5, 0.6) is 0 Å². The molecule has 6 heteroatoms. The molecule has 0 amide bonds. The lowest BCUT2D eigenvalue weighted by Crippen LogP contribution is -2.14. The molecule has 3 rings (SSSR count). The van der Waals surface area contributed by atoms with E-state index < -0.39 is 5.60 Å². The average Bonchev–Trinajstić information content (AvgIpc) is 2.91. The molecule has 0 radical (unpaired) electrons. The van der Waals surface area contributed by atoms with Crippen molar-refractivity contribution in [2.45, 2.75) is 39.3 Å². The van der Waals surface area contributed by atoms with Crippen LogP contribution in [-0.4, -0.2) is 30.2 Å². The first kappa shape index (κ1) is 16.9. The minimum Gasteiger partial charge on any atom is -0.378 e.